The molecule has 0 saturated carbocycles. The predicted octanol–water partition coefficient (Wildman–Crippen LogP) is 1.16. The van der Waals surface area contributed by atoms with E-state index in [2.05, 4.69) is 10.3 Å². The van der Waals surface area contributed by atoms with Crippen LogP contribution in [-0.4, -0.2) is 28.9 Å². The van der Waals surface area contributed by atoms with Crippen LogP contribution in [0.5, 0.6) is 0 Å². The Morgan fingerprint density at radius 2 is 2.31 bits per heavy atom. The van der Waals surface area contributed by atoms with Crippen LogP contribution >= 0.6 is 11.8 Å². The van der Waals surface area contributed by atoms with Gasteiger partial charge in [0.25, 0.3) is 5.91 Å². The van der Waals surface area contributed by atoms with E-state index >= 15 is 0 Å². The molecule has 1 rings (SSSR count). The first-order chi connectivity index (χ1) is 7.54. The van der Waals surface area contributed by atoms with E-state index in [1.54, 1.807) is 18.7 Å². The number of aryl methyl sites for hydroxylation is 1. The number of nitrogens with one attached hydrogen (secondary N) is 2. The molecule has 1 heterocycles. The molecule has 0 bridgehead atoms. The highest BCUT2D eigenvalue weighted by Crippen LogP contribution is 1.98. The number of amides is 1. The van der Waals surface area contributed by atoms with Crippen molar-refractivity contribution in [3.63, 3.8) is 0 Å². The number of rotatable bonds is 4. The van der Waals surface area contributed by atoms with Crippen molar-refractivity contribution in [3.05, 3.63) is 33.7 Å². The summed E-state index contributed by atoms with van der Waals surface area (Å²) in [6.07, 6.45) is 3.43. The Bertz CT molecular complexity index is 428. The molecule has 4 nitrogen and oxygen atoms in total. The number of thioether (sulfide) groups is 1. The molecule has 0 aromatic carbocycles. The maximum absolute atomic E-state index is 11.7. The van der Waals surface area contributed by atoms with Crippen LogP contribution in [-0.2, 0) is 0 Å². The summed E-state index contributed by atoms with van der Waals surface area (Å²) in [7, 11) is 0. The molecule has 1 aromatic heterocycles. The van der Waals surface area contributed by atoms with Gasteiger partial charge in [0.2, 0.25) is 0 Å². The molecule has 1 aromatic rings. The largest absolute Gasteiger partial charge is 0.364 e. The van der Waals surface area contributed by atoms with Crippen molar-refractivity contribution >= 4 is 17.7 Å². The summed E-state index contributed by atoms with van der Waals surface area (Å²) in [5.74, 6) is 0.512. The van der Waals surface area contributed by atoms with E-state index in [0.717, 1.165) is 11.4 Å². The van der Waals surface area contributed by atoms with E-state index in [1.165, 1.54) is 12.3 Å². The lowest BCUT2D eigenvalue weighted by atomic mass is 10.2. The van der Waals surface area contributed by atoms with Crippen molar-refractivity contribution in [3.8, 4) is 0 Å². The molecule has 0 radical (unpaired) electrons. The Hall–Kier alpha value is -1.23. The number of carbonyl (C=O) groups excluding carboxylic acids is 1. The van der Waals surface area contributed by atoms with Crippen molar-refractivity contribution in [1.29, 1.82) is 0 Å². The van der Waals surface area contributed by atoms with Crippen LogP contribution in [0.3, 0.4) is 0 Å². The zero-order chi connectivity index (χ0) is 12.1. The van der Waals surface area contributed by atoms with Gasteiger partial charge in [0.15, 0.2) is 5.43 Å². The maximum atomic E-state index is 11.7. The van der Waals surface area contributed by atoms with Gasteiger partial charge in [0.05, 0.1) is 0 Å². The number of hydrogen-bond donors (Lipinski definition) is 2. The molecular weight excluding hydrogens is 224 g/mol. The molecule has 5 heteroatoms. The highest BCUT2D eigenvalue weighted by atomic mass is 32.2. The Labute approximate surface area is 98.8 Å². The number of hydrogen-bond acceptors (Lipinski definition) is 3. The Balaban J connectivity index is 2.77. The van der Waals surface area contributed by atoms with Crippen molar-refractivity contribution in [2.45, 2.75) is 19.9 Å². The smallest absolute Gasteiger partial charge is 0.256 e. The van der Waals surface area contributed by atoms with E-state index in [1.807, 2.05) is 13.2 Å². The average Bonchev–Trinajstić information content (AvgIpc) is 2.17. The first-order valence-corrected chi connectivity index (χ1v) is 6.43. The van der Waals surface area contributed by atoms with Crippen LogP contribution in [0.2, 0.25) is 0 Å². The third-order valence-corrected chi connectivity index (χ3v) is 2.93. The molecule has 1 atom stereocenters. The predicted molar refractivity (Wildman–Crippen MR) is 67.1 cm³/mol. The second-order valence-electron chi connectivity index (χ2n) is 3.72. The minimum absolute atomic E-state index is 0.0585. The quantitative estimate of drug-likeness (QED) is 0.830. The van der Waals surface area contributed by atoms with Crippen LogP contribution in [0, 0.1) is 6.92 Å². The number of H-pyrrole nitrogens is 1. The third-order valence-electron chi connectivity index (χ3n) is 2.10. The van der Waals surface area contributed by atoms with Crippen LogP contribution in [0.15, 0.2) is 17.1 Å². The monoisotopic (exact) mass is 240 g/mol. The molecule has 16 heavy (non-hydrogen) atoms. The van der Waals surface area contributed by atoms with E-state index in [-0.39, 0.29) is 22.9 Å². The lowest BCUT2D eigenvalue weighted by Gasteiger charge is -2.11. The average molecular weight is 240 g/mol. The molecule has 0 aliphatic heterocycles. The van der Waals surface area contributed by atoms with Gasteiger partial charge >= 0.3 is 0 Å². The van der Waals surface area contributed by atoms with Crippen molar-refractivity contribution < 1.29 is 4.79 Å². The first kappa shape index (κ1) is 12.8. The van der Waals surface area contributed by atoms with Gasteiger partial charge < -0.3 is 10.3 Å². The molecule has 0 aliphatic carbocycles. The lowest BCUT2D eigenvalue weighted by molar-refractivity contribution is 0.0942. The molecule has 1 amide bonds. The highest BCUT2D eigenvalue weighted by Gasteiger charge is 2.12. The van der Waals surface area contributed by atoms with Gasteiger partial charge in [-0.1, -0.05) is 0 Å². The van der Waals surface area contributed by atoms with Crippen molar-refractivity contribution in [2.75, 3.05) is 12.0 Å². The van der Waals surface area contributed by atoms with Crippen LogP contribution in [0.25, 0.3) is 0 Å². The Kier molecular flexibility index (Phi) is 4.61. The van der Waals surface area contributed by atoms with E-state index < -0.39 is 0 Å². The number of aromatic amines is 1. The van der Waals surface area contributed by atoms with Gasteiger partial charge in [0.1, 0.15) is 5.56 Å². The molecule has 0 fully saturated rings. The first-order valence-electron chi connectivity index (χ1n) is 5.03. The fraction of sp³-hybridized carbons (Fsp3) is 0.455. The van der Waals surface area contributed by atoms with Gasteiger partial charge in [0, 0.05) is 29.8 Å². The van der Waals surface area contributed by atoms with Gasteiger partial charge in [-0.15, -0.1) is 0 Å². The second kappa shape index (κ2) is 5.75. The second-order valence-corrected chi connectivity index (χ2v) is 4.63. The molecule has 0 aliphatic rings. The SMILES string of the molecule is CSCC(C)NC(=O)c1c[nH]c(C)cc1=O. The van der Waals surface area contributed by atoms with Crippen LogP contribution < -0.4 is 10.7 Å². The summed E-state index contributed by atoms with van der Waals surface area (Å²) >= 11 is 1.65. The lowest BCUT2D eigenvalue weighted by Crippen LogP contribution is -2.36. The molecule has 1 unspecified atom stereocenters. The van der Waals surface area contributed by atoms with Crippen LogP contribution in [0.1, 0.15) is 23.0 Å². The maximum Gasteiger partial charge on any atom is 0.256 e. The Morgan fingerprint density at radius 1 is 1.62 bits per heavy atom. The zero-order valence-electron chi connectivity index (χ0n) is 9.66. The van der Waals surface area contributed by atoms with Gasteiger partial charge in [-0.25, -0.2) is 0 Å². The fourth-order valence-electron chi connectivity index (χ4n) is 1.34. The summed E-state index contributed by atoms with van der Waals surface area (Å²) in [5, 5.41) is 2.78. The Morgan fingerprint density at radius 3 is 2.88 bits per heavy atom. The van der Waals surface area contributed by atoms with Gasteiger partial charge in [-0.3, -0.25) is 9.59 Å². The molecule has 2 N–H and O–H groups in total. The molecular formula is C11H16N2O2S. The summed E-state index contributed by atoms with van der Waals surface area (Å²) in [6, 6.07) is 1.48. The zero-order valence-corrected chi connectivity index (χ0v) is 10.5. The number of aromatic nitrogens is 1. The minimum Gasteiger partial charge on any atom is -0.364 e. The number of carbonyl (C=O) groups is 1. The highest BCUT2D eigenvalue weighted by molar-refractivity contribution is 7.98. The van der Waals surface area contributed by atoms with Gasteiger partial charge in [-0.05, 0) is 20.1 Å². The van der Waals surface area contributed by atoms with Gasteiger partial charge in [-0.2, -0.15) is 11.8 Å². The summed E-state index contributed by atoms with van der Waals surface area (Å²) in [6.45, 7) is 3.69. The molecule has 88 valence electrons. The van der Waals surface area contributed by atoms with E-state index in [0.29, 0.717) is 0 Å². The van der Waals surface area contributed by atoms with Crippen molar-refractivity contribution in [2.24, 2.45) is 0 Å². The van der Waals surface area contributed by atoms with Crippen molar-refractivity contribution in [1.82, 2.24) is 10.3 Å². The standard InChI is InChI=1S/C11H16N2O2S/c1-7-4-10(14)9(5-12-7)11(15)13-8(2)6-16-3/h4-5,8H,6H2,1-3H3,(H,12,14)(H,13,15). The molecule has 0 spiro atoms. The topological polar surface area (TPSA) is 62.0 Å². The van der Waals surface area contributed by atoms with Crippen LogP contribution in [0.4, 0.5) is 0 Å². The summed E-state index contributed by atoms with van der Waals surface area (Å²) < 4.78 is 0. The summed E-state index contributed by atoms with van der Waals surface area (Å²) in [4.78, 5) is 26.1. The third kappa shape index (κ3) is 3.41. The normalized spacial score (nSPS) is 12.2. The summed E-state index contributed by atoms with van der Waals surface area (Å²) in [5.41, 5.74) is 0.669. The number of pyridine rings is 1. The van der Waals surface area contributed by atoms with E-state index in [4.69, 9.17) is 0 Å². The fourth-order valence-corrected chi connectivity index (χ4v) is 1.93. The minimum atomic E-state index is -0.317. The molecule has 0 saturated heterocycles. The van der Waals surface area contributed by atoms with E-state index in [9.17, 15) is 9.59 Å².